The molecule has 1 aliphatic carbocycles. The van der Waals surface area contributed by atoms with Crippen LogP contribution in [0.25, 0.3) is 10.2 Å². The second kappa shape index (κ2) is 8.35. The molecule has 0 radical (unpaired) electrons. The van der Waals surface area contributed by atoms with E-state index in [-0.39, 0.29) is 11.0 Å². The minimum atomic E-state index is 0.111. The van der Waals surface area contributed by atoms with Crippen molar-refractivity contribution in [3.8, 4) is 0 Å². The first-order chi connectivity index (χ1) is 14.2. The van der Waals surface area contributed by atoms with Crippen molar-refractivity contribution in [3.63, 3.8) is 0 Å². The van der Waals surface area contributed by atoms with Gasteiger partial charge in [0, 0.05) is 10.6 Å². The number of rotatable bonds is 5. The molecule has 1 aromatic carbocycles. The Morgan fingerprint density at radius 2 is 2.03 bits per heavy atom. The summed E-state index contributed by atoms with van der Waals surface area (Å²) in [6, 6.07) is 10.2. The highest BCUT2D eigenvalue weighted by Crippen LogP contribution is 2.42. The average Bonchev–Trinajstić information content (AvgIpc) is 3.06. The van der Waals surface area contributed by atoms with Crippen LogP contribution in [0.4, 0.5) is 0 Å². The van der Waals surface area contributed by atoms with E-state index < -0.39 is 0 Å². The van der Waals surface area contributed by atoms with Crippen LogP contribution in [-0.2, 0) is 19.4 Å². The number of hydrogen-bond acceptors (Lipinski definition) is 4. The molecule has 0 spiro atoms. The fraction of sp³-hybridized carbons (Fsp3) is 0.440. The summed E-state index contributed by atoms with van der Waals surface area (Å²) in [5.74, 6) is 1.42. The molecule has 1 aliphatic rings. The van der Waals surface area contributed by atoms with Crippen LogP contribution in [0.15, 0.2) is 52.4 Å². The maximum atomic E-state index is 13.7. The molecule has 0 saturated carbocycles. The number of aromatic nitrogens is 2. The van der Waals surface area contributed by atoms with Crippen molar-refractivity contribution in [3.05, 3.63) is 68.8 Å². The van der Waals surface area contributed by atoms with E-state index in [1.165, 1.54) is 10.4 Å². The minimum absolute atomic E-state index is 0.111. The molecule has 3 nitrogen and oxygen atoms in total. The summed E-state index contributed by atoms with van der Waals surface area (Å²) in [7, 11) is 0. The van der Waals surface area contributed by atoms with E-state index in [1.807, 2.05) is 29.7 Å². The normalized spacial score (nSPS) is 16.6. The maximum Gasteiger partial charge on any atom is 0.263 e. The highest BCUT2D eigenvalue weighted by atomic mass is 32.2. The van der Waals surface area contributed by atoms with Crippen molar-refractivity contribution in [2.75, 3.05) is 5.75 Å². The number of benzene rings is 1. The molecule has 5 heteroatoms. The summed E-state index contributed by atoms with van der Waals surface area (Å²) in [5.41, 5.74) is 3.86. The van der Waals surface area contributed by atoms with Crippen LogP contribution in [0.3, 0.4) is 0 Å². The molecule has 0 bridgehead atoms. The summed E-state index contributed by atoms with van der Waals surface area (Å²) in [5, 5.41) is 1.66. The van der Waals surface area contributed by atoms with Crippen LogP contribution in [0.2, 0.25) is 0 Å². The molecule has 0 amide bonds. The Morgan fingerprint density at radius 1 is 1.30 bits per heavy atom. The quantitative estimate of drug-likeness (QED) is 0.265. The molecule has 0 saturated heterocycles. The topological polar surface area (TPSA) is 34.9 Å². The van der Waals surface area contributed by atoms with E-state index in [4.69, 9.17) is 4.98 Å². The molecule has 4 rings (SSSR count). The largest absolute Gasteiger partial charge is 0.283 e. The molecule has 0 fully saturated rings. The van der Waals surface area contributed by atoms with Gasteiger partial charge in [-0.3, -0.25) is 9.36 Å². The van der Waals surface area contributed by atoms with Crippen molar-refractivity contribution in [2.24, 2.45) is 11.3 Å². The van der Waals surface area contributed by atoms with Crippen molar-refractivity contribution in [2.45, 2.75) is 58.7 Å². The third-order valence-electron chi connectivity index (χ3n) is 5.99. The smallest absolute Gasteiger partial charge is 0.263 e. The number of thiophene rings is 1. The molecule has 30 heavy (non-hydrogen) atoms. The first-order valence-corrected chi connectivity index (χ1v) is 12.4. The second-order valence-electron chi connectivity index (χ2n) is 9.51. The fourth-order valence-corrected chi connectivity index (χ4v) is 6.36. The lowest BCUT2D eigenvalue weighted by Crippen LogP contribution is -2.27. The summed E-state index contributed by atoms with van der Waals surface area (Å²) in [4.78, 5) is 21.0. The third-order valence-corrected chi connectivity index (χ3v) is 8.34. The fourth-order valence-electron chi connectivity index (χ4n) is 4.18. The van der Waals surface area contributed by atoms with E-state index in [0.29, 0.717) is 12.5 Å². The van der Waals surface area contributed by atoms with Gasteiger partial charge in [0.15, 0.2) is 5.16 Å². The highest BCUT2D eigenvalue weighted by Gasteiger charge is 2.32. The molecule has 158 valence electrons. The maximum absolute atomic E-state index is 13.7. The van der Waals surface area contributed by atoms with Gasteiger partial charge in [0.05, 0.1) is 11.9 Å². The predicted molar refractivity (Wildman–Crippen MR) is 130 cm³/mol. The monoisotopic (exact) mass is 438 g/mol. The van der Waals surface area contributed by atoms with E-state index in [1.54, 1.807) is 23.1 Å². The second-order valence-corrected chi connectivity index (χ2v) is 11.5. The van der Waals surface area contributed by atoms with Gasteiger partial charge < -0.3 is 0 Å². The van der Waals surface area contributed by atoms with Gasteiger partial charge in [-0.15, -0.1) is 11.3 Å². The van der Waals surface area contributed by atoms with E-state index in [0.717, 1.165) is 51.5 Å². The van der Waals surface area contributed by atoms with Gasteiger partial charge in [-0.2, -0.15) is 0 Å². The molecule has 2 heterocycles. The van der Waals surface area contributed by atoms with Gasteiger partial charge in [-0.1, -0.05) is 75.0 Å². The zero-order chi connectivity index (χ0) is 21.5. The number of fused-ring (bicyclic) bond motifs is 3. The van der Waals surface area contributed by atoms with Crippen LogP contribution in [-0.4, -0.2) is 15.3 Å². The van der Waals surface area contributed by atoms with Gasteiger partial charge in [0.2, 0.25) is 0 Å². The zero-order valence-corrected chi connectivity index (χ0v) is 20.0. The number of hydrogen-bond donors (Lipinski definition) is 0. The molecular formula is C25H30N2OS2. The summed E-state index contributed by atoms with van der Waals surface area (Å²) in [6.07, 6.45) is 3.19. The molecular weight excluding hydrogens is 408 g/mol. The van der Waals surface area contributed by atoms with Crippen molar-refractivity contribution in [1.29, 1.82) is 0 Å². The van der Waals surface area contributed by atoms with Crippen LogP contribution >= 0.6 is 23.1 Å². The lowest BCUT2D eigenvalue weighted by molar-refractivity contribution is 0.218. The average molecular weight is 439 g/mol. The molecule has 2 aromatic heterocycles. The van der Waals surface area contributed by atoms with Gasteiger partial charge in [0.1, 0.15) is 4.83 Å². The van der Waals surface area contributed by atoms with E-state index >= 15 is 0 Å². The minimum Gasteiger partial charge on any atom is -0.283 e. The van der Waals surface area contributed by atoms with Gasteiger partial charge in [-0.05, 0) is 48.6 Å². The Kier molecular flexibility index (Phi) is 5.95. The summed E-state index contributed by atoms with van der Waals surface area (Å²) < 4.78 is 1.87. The molecule has 0 N–H and O–H groups in total. The number of thioether (sulfide) groups is 1. The van der Waals surface area contributed by atoms with E-state index in [2.05, 4.69) is 39.5 Å². The van der Waals surface area contributed by atoms with Crippen molar-refractivity contribution >= 4 is 33.3 Å². The molecule has 3 aromatic rings. The Bertz CT molecular complexity index is 1140. The van der Waals surface area contributed by atoms with Gasteiger partial charge in [0.25, 0.3) is 5.56 Å². The van der Waals surface area contributed by atoms with Crippen molar-refractivity contribution < 1.29 is 0 Å². The first kappa shape index (κ1) is 21.4. The molecule has 0 aliphatic heterocycles. The number of nitrogens with zero attached hydrogens (tertiary/aromatic N) is 2. The Morgan fingerprint density at radius 3 is 2.70 bits per heavy atom. The van der Waals surface area contributed by atoms with E-state index in [9.17, 15) is 4.79 Å². The van der Waals surface area contributed by atoms with Crippen LogP contribution < -0.4 is 5.56 Å². The lowest BCUT2D eigenvalue weighted by Gasteiger charge is -2.33. The number of aryl methyl sites for hydroxylation is 1. The van der Waals surface area contributed by atoms with Crippen LogP contribution in [0.5, 0.6) is 0 Å². The predicted octanol–water partition coefficient (Wildman–Crippen LogP) is 6.33. The lowest BCUT2D eigenvalue weighted by atomic mass is 9.72. The Labute approximate surface area is 187 Å². The van der Waals surface area contributed by atoms with Crippen LogP contribution in [0.1, 0.15) is 50.1 Å². The molecule has 1 atom stereocenters. The summed E-state index contributed by atoms with van der Waals surface area (Å²) in [6.45, 7) is 13.6. The Hall–Kier alpha value is -1.85. The zero-order valence-electron chi connectivity index (χ0n) is 18.3. The van der Waals surface area contributed by atoms with Crippen molar-refractivity contribution in [1.82, 2.24) is 9.55 Å². The molecule has 0 unspecified atom stereocenters. The van der Waals surface area contributed by atoms with Crippen LogP contribution in [0, 0.1) is 11.3 Å². The van der Waals surface area contributed by atoms with Gasteiger partial charge >= 0.3 is 0 Å². The standard InChI is InChI=1S/C25H30N2OS2/c1-16(2)15-29-24-26-22-21(23(28)27(24)14-17-9-7-6-8-10-17)19-12-11-18(25(3,4)5)13-20(19)30-22/h6-10,18H,1,11-15H2,2-5H3/t18-/m0/s1. The third kappa shape index (κ3) is 4.28. The summed E-state index contributed by atoms with van der Waals surface area (Å²) >= 11 is 3.35. The SMILES string of the molecule is C=C(C)CSc1nc2sc3c(c2c(=O)n1Cc1ccccc1)CC[C@H](C(C)(C)C)C3. The highest BCUT2D eigenvalue weighted by molar-refractivity contribution is 7.99. The van der Waals surface area contributed by atoms with Gasteiger partial charge in [-0.25, -0.2) is 4.98 Å². The Balaban J connectivity index is 1.82. The first-order valence-electron chi connectivity index (χ1n) is 10.6.